The lowest BCUT2D eigenvalue weighted by Crippen LogP contribution is -1.95. The highest BCUT2D eigenvalue weighted by molar-refractivity contribution is 6.29. The average Bonchev–Trinajstić information content (AvgIpc) is 2.64. The van der Waals surface area contributed by atoms with E-state index >= 15 is 0 Å². The zero-order valence-corrected chi connectivity index (χ0v) is 9.36. The Balaban J connectivity index is 2.48. The SMILES string of the molecule is CCc1nc(Cl)cc(-c2cnn(C)c2)n1. The summed E-state index contributed by atoms with van der Waals surface area (Å²) in [5, 5.41) is 4.56. The standard InChI is InChI=1S/C10H11ClN4/c1-3-10-13-8(4-9(11)14-10)7-5-12-15(2)6-7/h4-6H,3H2,1-2H3. The zero-order valence-electron chi connectivity index (χ0n) is 8.61. The van der Waals surface area contributed by atoms with E-state index in [1.54, 1.807) is 16.9 Å². The van der Waals surface area contributed by atoms with E-state index in [1.807, 2.05) is 20.2 Å². The normalized spacial score (nSPS) is 10.6. The van der Waals surface area contributed by atoms with Crippen molar-refractivity contribution in [2.24, 2.45) is 7.05 Å². The van der Waals surface area contributed by atoms with Crippen LogP contribution in [0.1, 0.15) is 12.7 Å². The maximum atomic E-state index is 5.91. The van der Waals surface area contributed by atoms with Crippen LogP contribution in [0.25, 0.3) is 11.3 Å². The van der Waals surface area contributed by atoms with Crippen molar-refractivity contribution in [3.05, 3.63) is 29.4 Å². The first-order chi connectivity index (χ1) is 7.19. The van der Waals surface area contributed by atoms with E-state index in [0.717, 1.165) is 23.5 Å². The molecule has 2 aromatic heterocycles. The van der Waals surface area contributed by atoms with Gasteiger partial charge in [-0.25, -0.2) is 9.97 Å². The molecule has 2 aromatic rings. The number of hydrogen-bond donors (Lipinski definition) is 0. The van der Waals surface area contributed by atoms with Crippen molar-refractivity contribution >= 4 is 11.6 Å². The van der Waals surface area contributed by atoms with Crippen molar-refractivity contribution in [1.82, 2.24) is 19.7 Å². The minimum absolute atomic E-state index is 0.473. The van der Waals surface area contributed by atoms with E-state index in [4.69, 9.17) is 11.6 Å². The number of rotatable bonds is 2. The summed E-state index contributed by atoms with van der Waals surface area (Å²) in [6, 6.07) is 1.75. The van der Waals surface area contributed by atoms with Gasteiger partial charge in [0.1, 0.15) is 11.0 Å². The Labute approximate surface area is 92.9 Å². The predicted molar refractivity (Wildman–Crippen MR) is 58.6 cm³/mol. The van der Waals surface area contributed by atoms with Crippen LogP contribution in [0.3, 0.4) is 0 Å². The van der Waals surface area contributed by atoms with Gasteiger partial charge >= 0.3 is 0 Å². The molecule has 0 spiro atoms. The fraction of sp³-hybridized carbons (Fsp3) is 0.300. The maximum absolute atomic E-state index is 5.91. The molecule has 0 radical (unpaired) electrons. The second kappa shape index (κ2) is 3.98. The molecule has 0 unspecified atom stereocenters. The minimum Gasteiger partial charge on any atom is -0.275 e. The molecule has 0 saturated heterocycles. The number of nitrogens with zero attached hydrogens (tertiary/aromatic N) is 4. The molecule has 0 bridgehead atoms. The summed E-state index contributed by atoms with van der Waals surface area (Å²) in [4.78, 5) is 8.50. The van der Waals surface area contributed by atoms with Crippen molar-refractivity contribution in [3.8, 4) is 11.3 Å². The molecule has 4 nitrogen and oxygen atoms in total. The molecule has 0 amide bonds. The van der Waals surface area contributed by atoms with Gasteiger partial charge in [-0.1, -0.05) is 18.5 Å². The van der Waals surface area contributed by atoms with Crippen molar-refractivity contribution in [3.63, 3.8) is 0 Å². The zero-order chi connectivity index (χ0) is 10.8. The van der Waals surface area contributed by atoms with E-state index in [9.17, 15) is 0 Å². The average molecular weight is 223 g/mol. The highest BCUT2D eigenvalue weighted by Gasteiger charge is 2.05. The molecule has 0 aliphatic rings. The summed E-state index contributed by atoms with van der Waals surface area (Å²) in [7, 11) is 1.87. The Morgan fingerprint density at radius 2 is 2.20 bits per heavy atom. The van der Waals surface area contributed by atoms with E-state index in [-0.39, 0.29) is 0 Å². The van der Waals surface area contributed by atoms with Crippen LogP contribution in [0.15, 0.2) is 18.5 Å². The highest BCUT2D eigenvalue weighted by atomic mass is 35.5. The van der Waals surface area contributed by atoms with Crippen LogP contribution in [-0.4, -0.2) is 19.7 Å². The Hall–Kier alpha value is -1.42. The van der Waals surface area contributed by atoms with Gasteiger partial charge in [0, 0.05) is 31.3 Å². The monoisotopic (exact) mass is 222 g/mol. The van der Waals surface area contributed by atoms with E-state index in [2.05, 4.69) is 15.1 Å². The van der Waals surface area contributed by atoms with Gasteiger partial charge in [0.05, 0.1) is 11.9 Å². The van der Waals surface area contributed by atoms with Gasteiger partial charge in [-0.15, -0.1) is 0 Å². The molecule has 0 aliphatic carbocycles. The van der Waals surface area contributed by atoms with Crippen molar-refractivity contribution < 1.29 is 0 Å². The Kier molecular flexibility index (Phi) is 2.68. The Bertz CT molecular complexity index is 478. The number of aryl methyl sites for hydroxylation is 2. The minimum atomic E-state index is 0.473. The summed E-state index contributed by atoms with van der Waals surface area (Å²) in [5.74, 6) is 0.751. The molecule has 0 aliphatic heterocycles. The van der Waals surface area contributed by atoms with Gasteiger partial charge in [-0.3, -0.25) is 4.68 Å². The first kappa shape index (κ1) is 10.1. The highest BCUT2D eigenvalue weighted by Crippen LogP contribution is 2.19. The quantitative estimate of drug-likeness (QED) is 0.731. The summed E-state index contributed by atoms with van der Waals surface area (Å²) < 4.78 is 1.73. The lowest BCUT2D eigenvalue weighted by Gasteiger charge is -2.00. The summed E-state index contributed by atoms with van der Waals surface area (Å²) >= 11 is 5.91. The first-order valence-electron chi connectivity index (χ1n) is 4.71. The third-order valence-electron chi connectivity index (χ3n) is 2.06. The molecule has 0 saturated carbocycles. The molecule has 15 heavy (non-hydrogen) atoms. The number of halogens is 1. The van der Waals surface area contributed by atoms with Crippen molar-refractivity contribution in [1.29, 1.82) is 0 Å². The third-order valence-corrected chi connectivity index (χ3v) is 2.25. The summed E-state index contributed by atoms with van der Waals surface area (Å²) in [6.45, 7) is 2.00. The summed E-state index contributed by atoms with van der Waals surface area (Å²) in [6.07, 6.45) is 4.43. The molecular weight excluding hydrogens is 212 g/mol. The molecule has 0 fully saturated rings. The van der Waals surface area contributed by atoms with Gasteiger partial charge in [0.2, 0.25) is 0 Å². The molecule has 0 aromatic carbocycles. The third kappa shape index (κ3) is 2.15. The van der Waals surface area contributed by atoms with Crippen LogP contribution in [0, 0.1) is 0 Å². The molecule has 0 atom stereocenters. The second-order valence-corrected chi connectivity index (χ2v) is 3.64. The van der Waals surface area contributed by atoms with Crippen LogP contribution < -0.4 is 0 Å². The van der Waals surface area contributed by atoms with Gasteiger partial charge in [-0.2, -0.15) is 5.10 Å². The lowest BCUT2D eigenvalue weighted by atomic mass is 10.2. The predicted octanol–water partition coefficient (Wildman–Crippen LogP) is 2.09. The van der Waals surface area contributed by atoms with Crippen LogP contribution in [-0.2, 0) is 13.5 Å². The lowest BCUT2D eigenvalue weighted by molar-refractivity contribution is 0.768. The smallest absolute Gasteiger partial charge is 0.133 e. The topological polar surface area (TPSA) is 43.6 Å². The second-order valence-electron chi connectivity index (χ2n) is 3.25. The van der Waals surface area contributed by atoms with Gasteiger partial charge in [0.15, 0.2) is 0 Å². The van der Waals surface area contributed by atoms with E-state index in [0.29, 0.717) is 5.15 Å². The van der Waals surface area contributed by atoms with E-state index < -0.39 is 0 Å². The van der Waals surface area contributed by atoms with Crippen molar-refractivity contribution in [2.75, 3.05) is 0 Å². The van der Waals surface area contributed by atoms with E-state index in [1.165, 1.54) is 0 Å². The fourth-order valence-corrected chi connectivity index (χ4v) is 1.53. The Morgan fingerprint density at radius 3 is 2.80 bits per heavy atom. The molecule has 5 heteroatoms. The van der Waals surface area contributed by atoms with Gasteiger partial charge in [-0.05, 0) is 0 Å². The maximum Gasteiger partial charge on any atom is 0.133 e. The van der Waals surface area contributed by atoms with Crippen LogP contribution in [0.2, 0.25) is 5.15 Å². The van der Waals surface area contributed by atoms with Crippen LogP contribution in [0.5, 0.6) is 0 Å². The Morgan fingerprint density at radius 1 is 1.40 bits per heavy atom. The fourth-order valence-electron chi connectivity index (χ4n) is 1.32. The number of hydrogen-bond acceptors (Lipinski definition) is 3. The largest absolute Gasteiger partial charge is 0.275 e. The summed E-state index contributed by atoms with van der Waals surface area (Å²) in [5.41, 5.74) is 1.77. The molecular formula is C10H11ClN4. The number of aromatic nitrogens is 4. The molecule has 2 heterocycles. The van der Waals surface area contributed by atoms with Gasteiger partial charge < -0.3 is 0 Å². The molecule has 78 valence electrons. The van der Waals surface area contributed by atoms with Crippen LogP contribution >= 0.6 is 11.6 Å². The molecule has 0 N–H and O–H groups in total. The first-order valence-corrected chi connectivity index (χ1v) is 5.09. The van der Waals surface area contributed by atoms with Crippen LogP contribution in [0.4, 0.5) is 0 Å². The molecule has 2 rings (SSSR count). The van der Waals surface area contributed by atoms with Crippen molar-refractivity contribution in [2.45, 2.75) is 13.3 Å². The van der Waals surface area contributed by atoms with Gasteiger partial charge in [0.25, 0.3) is 0 Å².